The molecule has 0 amide bonds. The maximum Gasteiger partial charge on any atom is 0.0257 e. The molecule has 0 fully saturated rings. The summed E-state index contributed by atoms with van der Waals surface area (Å²) in [5.41, 5.74) is 9.55. The Morgan fingerprint density at radius 2 is 1.57 bits per heavy atom. The molecule has 4 rings (SSSR count). The molecule has 1 aliphatic carbocycles. The lowest BCUT2D eigenvalue weighted by Crippen LogP contribution is -1.90. The van der Waals surface area contributed by atoms with Gasteiger partial charge in [-0.1, -0.05) is 76.1 Å². The molecule has 0 N–H and O–H groups in total. The lowest BCUT2D eigenvalue weighted by Gasteiger charge is -2.12. The number of rotatable bonds is 1. The first-order chi connectivity index (χ1) is 10.2. The van der Waals surface area contributed by atoms with Gasteiger partial charge >= 0.3 is 0 Å². The van der Waals surface area contributed by atoms with Crippen molar-refractivity contribution >= 4 is 15.9 Å². The zero-order valence-corrected chi connectivity index (χ0v) is 13.4. The summed E-state index contributed by atoms with van der Waals surface area (Å²) in [6.07, 6.45) is 1.02. The molecule has 21 heavy (non-hydrogen) atoms. The second kappa shape index (κ2) is 4.85. The molecule has 0 saturated heterocycles. The molecule has 0 aliphatic heterocycles. The first-order valence-corrected chi connectivity index (χ1v) is 8.00. The van der Waals surface area contributed by atoms with Gasteiger partial charge in [0, 0.05) is 10.0 Å². The van der Waals surface area contributed by atoms with Crippen molar-refractivity contribution in [1.29, 1.82) is 0 Å². The summed E-state index contributed by atoms with van der Waals surface area (Å²) in [6.45, 7) is 2.13. The third-order valence-electron chi connectivity index (χ3n) is 4.28. The Labute approximate surface area is 133 Å². The highest BCUT2D eigenvalue weighted by Crippen LogP contribution is 2.44. The minimum absolute atomic E-state index is 1.02. The number of aryl methyl sites for hydroxylation is 1. The van der Waals surface area contributed by atoms with E-state index in [0.717, 1.165) is 6.42 Å². The summed E-state index contributed by atoms with van der Waals surface area (Å²) in [4.78, 5) is 0. The quantitative estimate of drug-likeness (QED) is 0.400. The topological polar surface area (TPSA) is 0 Å². The summed E-state index contributed by atoms with van der Waals surface area (Å²) in [7, 11) is 0. The molecule has 1 heteroatoms. The molecule has 102 valence electrons. The van der Waals surface area contributed by atoms with E-state index in [9.17, 15) is 0 Å². The maximum absolute atomic E-state index is 3.75. The average molecular weight is 335 g/mol. The van der Waals surface area contributed by atoms with Gasteiger partial charge in [0.2, 0.25) is 0 Å². The molecular weight excluding hydrogens is 320 g/mol. The van der Waals surface area contributed by atoms with Gasteiger partial charge < -0.3 is 0 Å². The van der Waals surface area contributed by atoms with E-state index in [1.807, 2.05) is 0 Å². The van der Waals surface area contributed by atoms with Gasteiger partial charge in [-0.2, -0.15) is 0 Å². The van der Waals surface area contributed by atoms with E-state index in [-0.39, 0.29) is 0 Å². The van der Waals surface area contributed by atoms with Crippen LogP contribution in [0.15, 0.2) is 65.1 Å². The molecule has 0 atom stereocenters. The van der Waals surface area contributed by atoms with Gasteiger partial charge in [0.05, 0.1) is 0 Å². The fourth-order valence-corrected chi connectivity index (χ4v) is 3.82. The maximum atomic E-state index is 3.75. The van der Waals surface area contributed by atoms with Crippen LogP contribution in [0.2, 0.25) is 0 Å². The predicted octanol–water partition coefficient (Wildman–Crippen LogP) is 6.00. The standard InChI is InChI=1S/C20H15Br/c1-13-6-8-14(9-7-13)20-18-12-15-4-2-3-5-16(15)17(18)10-11-19(20)21/h2-11H,12H2,1H3. The largest absolute Gasteiger partial charge is 0.0619 e. The molecule has 0 spiro atoms. The van der Waals surface area contributed by atoms with Crippen LogP contribution < -0.4 is 0 Å². The van der Waals surface area contributed by atoms with Crippen molar-refractivity contribution in [3.05, 3.63) is 81.8 Å². The Bertz CT molecular complexity index is 829. The van der Waals surface area contributed by atoms with E-state index < -0.39 is 0 Å². The number of hydrogen-bond donors (Lipinski definition) is 0. The fourth-order valence-electron chi connectivity index (χ4n) is 3.22. The van der Waals surface area contributed by atoms with Crippen LogP contribution in [-0.2, 0) is 6.42 Å². The van der Waals surface area contributed by atoms with E-state index >= 15 is 0 Å². The minimum Gasteiger partial charge on any atom is -0.0619 e. The second-order valence-electron chi connectivity index (χ2n) is 5.65. The first-order valence-electron chi connectivity index (χ1n) is 7.21. The molecule has 0 radical (unpaired) electrons. The minimum atomic E-state index is 1.02. The van der Waals surface area contributed by atoms with Crippen molar-refractivity contribution < 1.29 is 0 Å². The molecule has 0 unspecified atom stereocenters. The summed E-state index contributed by atoms with van der Waals surface area (Å²) in [5.74, 6) is 0. The third-order valence-corrected chi connectivity index (χ3v) is 4.94. The van der Waals surface area contributed by atoms with Crippen LogP contribution in [0.5, 0.6) is 0 Å². The highest BCUT2D eigenvalue weighted by atomic mass is 79.9. The van der Waals surface area contributed by atoms with Gasteiger partial charge in [-0.25, -0.2) is 0 Å². The summed E-state index contributed by atoms with van der Waals surface area (Å²) in [6, 6.07) is 22.0. The van der Waals surface area contributed by atoms with Crippen molar-refractivity contribution in [2.24, 2.45) is 0 Å². The molecule has 0 saturated carbocycles. The van der Waals surface area contributed by atoms with Gasteiger partial charge in [-0.05, 0) is 47.2 Å². The Hall–Kier alpha value is -1.86. The van der Waals surface area contributed by atoms with E-state index in [2.05, 4.69) is 83.5 Å². The van der Waals surface area contributed by atoms with Crippen LogP contribution in [0.3, 0.4) is 0 Å². The molecule has 3 aromatic carbocycles. The fraction of sp³-hybridized carbons (Fsp3) is 0.100. The van der Waals surface area contributed by atoms with Crippen LogP contribution >= 0.6 is 15.9 Å². The summed E-state index contributed by atoms with van der Waals surface area (Å²) < 4.78 is 1.18. The van der Waals surface area contributed by atoms with Gasteiger partial charge in [-0.15, -0.1) is 0 Å². The van der Waals surface area contributed by atoms with Gasteiger partial charge in [0.25, 0.3) is 0 Å². The normalized spacial score (nSPS) is 12.1. The third kappa shape index (κ3) is 2.04. The Morgan fingerprint density at radius 3 is 2.38 bits per heavy atom. The van der Waals surface area contributed by atoms with Crippen LogP contribution in [0, 0.1) is 6.92 Å². The molecule has 0 heterocycles. The Morgan fingerprint density at radius 1 is 0.810 bits per heavy atom. The molecule has 3 aromatic rings. The highest BCUT2D eigenvalue weighted by molar-refractivity contribution is 9.10. The molecule has 0 aromatic heterocycles. The van der Waals surface area contributed by atoms with Crippen molar-refractivity contribution in [2.45, 2.75) is 13.3 Å². The summed E-state index contributed by atoms with van der Waals surface area (Å²) >= 11 is 3.75. The lowest BCUT2D eigenvalue weighted by atomic mass is 9.95. The van der Waals surface area contributed by atoms with Crippen molar-refractivity contribution in [3.8, 4) is 22.3 Å². The smallest absolute Gasteiger partial charge is 0.0257 e. The Balaban J connectivity index is 1.96. The predicted molar refractivity (Wildman–Crippen MR) is 92.6 cm³/mol. The molecule has 0 nitrogen and oxygen atoms in total. The zero-order chi connectivity index (χ0) is 14.4. The molecule has 1 aliphatic rings. The van der Waals surface area contributed by atoms with Gasteiger partial charge in [0.15, 0.2) is 0 Å². The van der Waals surface area contributed by atoms with Crippen LogP contribution in [-0.4, -0.2) is 0 Å². The van der Waals surface area contributed by atoms with Gasteiger partial charge in [-0.3, -0.25) is 0 Å². The molecular formula is C20H15Br. The second-order valence-corrected chi connectivity index (χ2v) is 6.50. The average Bonchev–Trinajstić information content (AvgIpc) is 2.87. The highest BCUT2D eigenvalue weighted by Gasteiger charge is 2.22. The van der Waals surface area contributed by atoms with Crippen molar-refractivity contribution in [1.82, 2.24) is 0 Å². The molecule has 0 bridgehead atoms. The number of halogens is 1. The lowest BCUT2D eigenvalue weighted by molar-refractivity contribution is 1.26. The van der Waals surface area contributed by atoms with Crippen molar-refractivity contribution in [3.63, 3.8) is 0 Å². The van der Waals surface area contributed by atoms with E-state index in [1.54, 1.807) is 0 Å². The first kappa shape index (κ1) is 12.8. The number of benzene rings is 3. The van der Waals surface area contributed by atoms with Gasteiger partial charge in [0.1, 0.15) is 0 Å². The van der Waals surface area contributed by atoms with Crippen LogP contribution in [0.25, 0.3) is 22.3 Å². The summed E-state index contributed by atoms with van der Waals surface area (Å²) in [5, 5.41) is 0. The van der Waals surface area contributed by atoms with Crippen LogP contribution in [0.4, 0.5) is 0 Å². The SMILES string of the molecule is Cc1ccc(-c2c(Br)ccc3c2Cc2ccccc2-3)cc1. The van der Waals surface area contributed by atoms with E-state index in [4.69, 9.17) is 0 Å². The number of hydrogen-bond acceptors (Lipinski definition) is 0. The van der Waals surface area contributed by atoms with Crippen molar-refractivity contribution in [2.75, 3.05) is 0 Å². The monoisotopic (exact) mass is 334 g/mol. The van der Waals surface area contributed by atoms with E-state index in [0.29, 0.717) is 0 Å². The van der Waals surface area contributed by atoms with E-state index in [1.165, 1.54) is 43.4 Å². The number of fused-ring (bicyclic) bond motifs is 3. The Kier molecular flexibility index (Phi) is 2.97. The zero-order valence-electron chi connectivity index (χ0n) is 11.9. The van der Waals surface area contributed by atoms with Crippen LogP contribution in [0.1, 0.15) is 16.7 Å².